The lowest BCUT2D eigenvalue weighted by Crippen LogP contribution is -2.36. The number of hydrogen-bond donors (Lipinski definition) is 1. The highest BCUT2D eigenvalue weighted by molar-refractivity contribution is 5.67. The van der Waals surface area contributed by atoms with E-state index in [1.807, 2.05) is 22.9 Å². The molecule has 1 saturated heterocycles. The SMILES string of the molecule is OCC1CCCN(Cc2cn(Cc3ccccc3)nc2-c2ccc3c(c2)OCO3)C1. The number of aliphatic hydroxyl groups is 1. The van der Waals surface area contributed by atoms with Gasteiger partial charge in [-0.3, -0.25) is 9.58 Å². The van der Waals surface area contributed by atoms with Gasteiger partial charge in [0.05, 0.1) is 12.2 Å². The summed E-state index contributed by atoms with van der Waals surface area (Å²) in [6.07, 6.45) is 4.40. The highest BCUT2D eigenvalue weighted by Crippen LogP contribution is 2.36. The molecule has 3 aromatic rings. The summed E-state index contributed by atoms with van der Waals surface area (Å²) in [5.74, 6) is 1.92. The molecule has 1 unspecified atom stereocenters. The number of aromatic nitrogens is 2. The number of fused-ring (bicyclic) bond motifs is 1. The monoisotopic (exact) mass is 405 g/mol. The normalized spacial score (nSPS) is 18.6. The molecule has 0 aliphatic carbocycles. The molecule has 2 aromatic carbocycles. The molecule has 2 aliphatic rings. The van der Waals surface area contributed by atoms with E-state index in [4.69, 9.17) is 14.6 Å². The third-order valence-corrected chi connectivity index (χ3v) is 5.93. The van der Waals surface area contributed by atoms with Gasteiger partial charge in [-0.15, -0.1) is 0 Å². The van der Waals surface area contributed by atoms with Gasteiger partial charge >= 0.3 is 0 Å². The molecule has 1 fully saturated rings. The van der Waals surface area contributed by atoms with Crippen molar-refractivity contribution in [2.75, 3.05) is 26.5 Å². The van der Waals surface area contributed by atoms with Crippen molar-refractivity contribution in [1.29, 1.82) is 0 Å². The summed E-state index contributed by atoms with van der Waals surface area (Å²) in [5, 5.41) is 14.5. The van der Waals surface area contributed by atoms with Gasteiger partial charge in [-0.2, -0.15) is 5.10 Å². The van der Waals surface area contributed by atoms with Gasteiger partial charge in [0, 0.05) is 37.0 Å². The van der Waals surface area contributed by atoms with Crippen molar-refractivity contribution >= 4 is 0 Å². The van der Waals surface area contributed by atoms with E-state index in [1.165, 1.54) is 11.1 Å². The molecule has 0 radical (unpaired) electrons. The summed E-state index contributed by atoms with van der Waals surface area (Å²) in [5.41, 5.74) is 4.44. The minimum absolute atomic E-state index is 0.263. The first-order chi connectivity index (χ1) is 14.8. The smallest absolute Gasteiger partial charge is 0.231 e. The van der Waals surface area contributed by atoms with Crippen molar-refractivity contribution in [3.8, 4) is 22.8 Å². The van der Waals surface area contributed by atoms with Crippen molar-refractivity contribution in [3.63, 3.8) is 0 Å². The van der Waals surface area contributed by atoms with E-state index < -0.39 is 0 Å². The van der Waals surface area contributed by atoms with Crippen molar-refractivity contribution in [3.05, 3.63) is 65.9 Å². The minimum atomic E-state index is 0.263. The van der Waals surface area contributed by atoms with Gasteiger partial charge in [0.15, 0.2) is 11.5 Å². The third-order valence-electron chi connectivity index (χ3n) is 5.93. The molecule has 6 heteroatoms. The number of hydrogen-bond acceptors (Lipinski definition) is 5. The molecular weight excluding hydrogens is 378 g/mol. The highest BCUT2D eigenvalue weighted by Gasteiger charge is 2.23. The maximum atomic E-state index is 9.60. The van der Waals surface area contributed by atoms with E-state index in [9.17, 15) is 5.11 Å². The van der Waals surface area contributed by atoms with Gasteiger partial charge < -0.3 is 14.6 Å². The second-order valence-corrected chi connectivity index (χ2v) is 8.18. The zero-order valence-corrected chi connectivity index (χ0v) is 17.0. The zero-order valence-electron chi connectivity index (χ0n) is 17.0. The van der Waals surface area contributed by atoms with E-state index in [1.54, 1.807) is 0 Å². The molecule has 1 atom stereocenters. The predicted octanol–water partition coefficient (Wildman–Crippen LogP) is 3.53. The second-order valence-electron chi connectivity index (χ2n) is 8.18. The first-order valence-corrected chi connectivity index (χ1v) is 10.6. The molecule has 3 heterocycles. The second kappa shape index (κ2) is 8.50. The zero-order chi connectivity index (χ0) is 20.3. The number of piperidine rings is 1. The van der Waals surface area contributed by atoms with E-state index in [0.717, 1.165) is 61.8 Å². The molecule has 6 nitrogen and oxygen atoms in total. The van der Waals surface area contributed by atoms with Gasteiger partial charge in [-0.1, -0.05) is 30.3 Å². The average molecular weight is 405 g/mol. The molecule has 0 saturated carbocycles. The Morgan fingerprint density at radius 2 is 1.90 bits per heavy atom. The van der Waals surface area contributed by atoms with Crippen LogP contribution in [0.15, 0.2) is 54.7 Å². The van der Waals surface area contributed by atoms with Crippen molar-refractivity contribution in [2.45, 2.75) is 25.9 Å². The van der Waals surface area contributed by atoms with Crippen LogP contribution in [0.3, 0.4) is 0 Å². The maximum absolute atomic E-state index is 9.60. The van der Waals surface area contributed by atoms with Crippen LogP contribution in [0.25, 0.3) is 11.3 Å². The fraction of sp³-hybridized carbons (Fsp3) is 0.375. The number of likely N-dealkylation sites (tertiary alicyclic amines) is 1. The maximum Gasteiger partial charge on any atom is 0.231 e. The minimum Gasteiger partial charge on any atom is -0.454 e. The number of ether oxygens (including phenoxy) is 2. The number of benzene rings is 2. The highest BCUT2D eigenvalue weighted by atomic mass is 16.7. The van der Waals surface area contributed by atoms with Crippen LogP contribution in [0.1, 0.15) is 24.0 Å². The molecule has 156 valence electrons. The Labute approximate surface area is 176 Å². The van der Waals surface area contributed by atoms with Crippen LogP contribution in [0.2, 0.25) is 0 Å². The van der Waals surface area contributed by atoms with Crippen LogP contribution < -0.4 is 9.47 Å². The summed E-state index contributed by atoms with van der Waals surface area (Å²) in [4.78, 5) is 2.44. The standard InChI is InChI=1S/C24H27N3O3/c28-16-19-7-4-10-26(12-19)14-21-15-27(13-18-5-2-1-3-6-18)25-24(21)20-8-9-22-23(11-20)30-17-29-22/h1-3,5-6,8-9,11,15,19,28H,4,7,10,12-14,16-17H2. The number of nitrogens with zero attached hydrogens (tertiary/aromatic N) is 3. The van der Waals surface area contributed by atoms with Crippen LogP contribution in [-0.4, -0.2) is 46.3 Å². The fourth-order valence-corrected chi connectivity index (χ4v) is 4.40. The molecule has 0 bridgehead atoms. The first-order valence-electron chi connectivity index (χ1n) is 10.6. The Morgan fingerprint density at radius 3 is 2.77 bits per heavy atom. The van der Waals surface area contributed by atoms with Crippen LogP contribution in [-0.2, 0) is 13.1 Å². The summed E-state index contributed by atoms with van der Waals surface area (Å²) in [6, 6.07) is 16.4. The van der Waals surface area contributed by atoms with Gasteiger partial charge in [0.2, 0.25) is 6.79 Å². The molecule has 5 rings (SSSR count). The lowest BCUT2D eigenvalue weighted by Gasteiger charge is -2.31. The Hall–Kier alpha value is -2.83. The Morgan fingerprint density at radius 1 is 1.03 bits per heavy atom. The lowest BCUT2D eigenvalue weighted by atomic mass is 9.98. The quantitative estimate of drug-likeness (QED) is 0.680. The van der Waals surface area contributed by atoms with E-state index in [2.05, 4.69) is 41.4 Å². The summed E-state index contributed by atoms with van der Waals surface area (Å²) < 4.78 is 13.1. The third kappa shape index (κ3) is 4.06. The van der Waals surface area contributed by atoms with Crippen molar-refractivity contribution < 1.29 is 14.6 Å². The number of aliphatic hydroxyl groups excluding tert-OH is 1. The van der Waals surface area contributed by atoms with Crippen LogP contribution >= 0.6 is 0 Å². The lowest BCUT2D eigenvalue weighted by molar-refractivity contribution is 0.116. The summed E-state index contributed by atoms with van der Waals surface area (Å²) in [7, 11) is 0. The Balaban J connectivity index is 1.45. The Bertz CT molecular complexity index is 1000. The first kappa shape index (κ1) is 19.2. The number of rotatable bonds is 6. The molecule has 30 heavy (non-hydrogen) atoms. The molecule has 0 amide bonds. The summed E-state index contributed by atoms with van der Waals surface area (Å²) >= 11 is 0. The molecule has 1 N–H and O–H groups in total. The largest absolute Gasteiger partial charge is 0.454 e. The van der Waals surface area contributed by atoms with Gasteiger partial charge in [-0.25, -0.2) is 0 Å². The van der Waals surface area contributed by atoms with Crippen LogP contribution in [0.5, 0.6) is 11.5 Å². The van der Waals surface area contributed by atoms with E-state index in [-0.39, 0.29) is 13.4 Å². The van der Waals surface area contributed by atoms with E-state index in [0.29, 0.717) is 5.92 Å². The summed E-state index contributed by atoms with van der Waals surface area (Å²) in [6.45, 7) is 4.08. The van der Waals surface area contributed by atoms with Crippen molar-refractivity contribution in [2.24, 2.45) is 5.92 Å². The Kier molecular flexibility index (Phi) is 5.43. The predicted molar refractivity (Wildman–Crippen MR) is 114 cm³/mol. The fourth-order valence-electron chi connectivity index (χ4n) is 4.40. The molecular formula is C24H27N3O3. The van der Waals surface area contributed by atoms with Crippen molar-refractivity contribution in [1.82, 2.24) is 14.7 Å². The van der Waals surface area contributed by atoms with E-state index >= 15 is 0 Å². The van der Waals surface area contributed by atoms with Crippen LogP contribution in [0, 0.1) is 5.92 Å². The van der Waals surface area contributed by atoms with Gasteiger partial charge in [0.25, 0.3) is 0 Å². The van der Waals surface area contributed by atoms with Gasteiger partial charge in [-0.05, 0) is 49.1 Å². The van der Waals surface area contributed by atoms with Crippen LogP contribution in [0.4, 0.5) is 0 Å². The van der Waals surface area contributed by atoms with Gasteiger partial charge in [0.1, 0.15) is 0 Å². The topological polar surface area (TPSA) is 59.8 Å². The average Bonchev–Trinajstić information content (AvgIpc) is 3.41. The molecule has 0 spiro atoms. The molecule has 1 aromatic heterocycles. The molecule has 2 aliphatic heterocycles.